The number of carbonyl (C=O) groups excluding carboxylic acids is 1. The molecule has 1 aromatic carbocycles. The molecule has 2 amide bonds. The van der Waals surface area contributed by atoms with Crippen molar-refractivity contribution in [1.82, 2.24) is 24.4 Å². The molecule has 8 nitrogen and oxygen atoms in total. The van der Waals surface area contributed by atoms with Gasteiger partial charge in [0.05, 0.1) is 35.7 Å². The van der Waals surface area contributed by atoms with Crippen molar-refractivity contribution >= 4 is 17.8 Å². The summed E-state index contributed by atoms with van der Waals surface area (Å²) in [5.41, 5.74) is 0.446. The third-order valence-electron chi connectivity index (χ3n) is 6.77. The molecule has 1 saturated carbocycles. The molecule has 3 heterocycles. The molecule has 2 fully saturated rings. The number of urea groups is 1. The van der Waals surface area contributed by atoms with Crippen LogP contribution in [0.1, 0.15) is 43.5 Å². The van der Waals surface area contributed by atoms with Crippen LogP contribution < -0.4 is 10.2 Å². The first-order chi connectivity index (χ1) is 16.2. The number of rotatable bonds is 5. The van der Waals surface area contributed by atoms with Gasteiger partial charge in [0.1, 0.15) is 5.82 Å². The summed E-state index contributed by atoms with van der Waals surface area (Å²) in [6.45, 7) is 2.50. The Labute approximate surface area is 194 Å². The van der Waals surface area contributed by atoms with Crippen molar-refractivity contribution < 1.29 is 18.0 Å². The molecule has 1 aliphatic heterocycles. The van der Waals surface area contributed by atoms with E-state index >= 15 is 0 Å². The maximum Gasteiger partial charge on any atom is 0.416 e. The van der Waals surface area contributed by atoms with Crippen molar-refractivity contribution in [3.8, 4) is 5.69 Å². The van der Waals surface area contributed by atoms with Crippen molar-refractivity contribution in [2.75, 3.05) is 23.8 Å². The van der Waals surface area contributed by atoms with E-state index in [1.165, 1.54) is 12.1 Å². The van der Waals surface area contributed by atoms with E-state index in [0.717, 1.165) is 31.4 Å². The first-order valence-electron chi connectivity index (χ1n) is 11.0. The van der Waals surface area contributed by atoms with Crippen molar-refractivity contribution in [2.24, 2.45) is 0 Å². The van der Waals surface area contributed by atoms with E-state index in [1.807, 2.05) is 18.9 Å². The van der Waals surface area contributed by atoms with E-state index in [2.05, 4.69) is 20.3 Å². The summed E-state index contributed by atoms with van der Waals surface area (Å²) in [4.78, 5) is 29.5. The first-order valence-corrected chi connectivity index (χ1v) is 11.0. The number of halogens is 3. The van der Waals surface area contributed by atoms with Gasteiger partial charge in [0.15, 0.2) is 0 Å². The van der Waals surface area contributed by atoms with Gasteiger partial charge in [0.2, 0.25) is 5.95 Å². The van der Waals surface area contributed by atoms with Crippen LogP contribution in [-0.4, -0.2) is 49.6 Å². The Bertz CT molecular complexity index is 1200. The SMILES string of the molecule is CC(Nc1nccc(N2CC3(CCC3)N(C)C2=O)n1)c1cn(-c2ccc(C(F)(F)F)cc2)cn1. The molecule has 2 aliphatic rings. The Morgan fingerprint density at radius 3 is 2.47 bits per heavy atom. The number of hydrogen-bond acceptors (Lipinski definition) is 5. The number of carbonyl (C=O) groups is 1. The summed E-state index contributed by atoms with van der Waals surface area (Å²) >= 11 is 0. The summed E-state index contributed by atoms with van der Waals surface area (Å²) in [7, 11) is 1.84. The molecule has 1 saturated heterocycles. The molecule has 34 heavy (non-hydrogen) atoms. The van der Waals surface area contributed by atoms with Crippen LogP contribution in [0, 0.1) is 0 Å². The normalized spacial score (nSPS) is 18.3. The average Bonchev–Trinajstić information content (AvgIpc) is 3.38. The fourth-order valence-electron chi connectivity index (χ4n) is 4.47. The summed E-state index contributed by atoms with van der Waals surface area (Å²) in [5.74, 6) is 0.903. The van der Waals surface area contributed by atoms with Gasteiger partial charge < -0.3 is 14.8 Å². The van der Waals surface area contributed by atoms with Gasteiger partial charge in [-0.3, -0.25) is 4.90 Å². The van der Waals surface area contributed by atoms with Crippen LogP contribution in [0.25, 0.3) is 5.69 Å². The maximum atomic E-state index is 12.8. The van der Waals surface area contributed by atoms with Crippen LogP contribution in [0.2, 0.25) is 0 Å². The maximum absolute atomic E-state index is 12.8. The minimum absolute atomic E-state index is 0.0623. The molecule has 1 N–H and O–H groups in total. The van der Waals surface area contributed by atoms with Gasteiger partial charge in [0.25, 0.3) is 0 Å². The molecule has 0 radical (unpaired) electrons. The Balaban J connectivity index is 1.29. The Kier molecular flexibility index (Phi) is 5.22. The molecule has 3 aromatic rings. The van der Waals surface area contributed by atoms with E-state index in [9.17, 15) is 18.0 Å². The van der Waals surface area contributed by atoms with Crippen molar-refractivity contribution in [3.63, 3.8) is 0 Å². The van der Waals surface area contributed by atoms with Gasteiger partial charge in [0, 0.05) is 25.1 Å². The number of nitrogens with one attached hydrogen (secondary N) is 1. The number of imidazole rings is 1. The van der Waals surface area contributed by atoms with Crippen LogP contribution in [0.15, 0.2) is 49.1 Å². The Morgan fingerprint density at radius 1 is 1.12 bits per heavy atom. The monoisotopic (exact) mass is 471 g/mol. The molecule has 1 atom stereocenters. The lowest BCUT2D eigenvalue weighted by Gasteiger charge is -2.42. The van der Waals surface area contributed by atoms with Gasteiger partial charge in [-0.2, -0.15) is 18.2 Å². The second-order valence-electron chi connectivity index (χ2n) is 8.86. The summed E-state index contributed by atoms with van der Waals surface area (Å²) in [5, 5.41) is 3.19. The predicted molar refractivity (Wildman–Crippen MR) is 120 cm³/mol. The zero-order valence-electron chi connectivity index (χ0n) is 18.8. The zero-order valence-corrected chi connectivity index (χ0v) is 18.8. The molecular weight excluding hydrogens is 447 g/mol. The fraction of sp³-hybridized carbons (Fsp3) is 0.391. The van der Waals surface area contributed by atoms with E-state index in [0.29, 0.717) is 29.7 Å². The first kappa shape index (κ1) is 22.2. The average molecular weight is 471 g/mol. The van der Waals surface area contributed by atoms with Crippen molar-refractivity contribution in [3.05, 3.63) is 60.3 Å². The van der Waals surface area contributed by atoms with Crippen LogP contribution in [0.5, 0.6) is 0 Å². The number of alkyl halides is 3. The topological polar surface area (TPSA) is 79.2 Å². The summed E-state index contributed by atoms with van der Waals surface area (Å²) < 4.78 is 40.1. The van der Waals surface area contributed by atoms with Crippen LogP contribution in [0.4, 0.5) is 29.7 Å². The zero-order chi connectivity index (χ0) is 24.1. The lowest BCUT2D eigenvalue weighted by molar-refractivity contribution is -0.137. The van der Waals surface area contributed by atoms with E-state index < -0.39 is 11.7 Å². The molecule has 178 valence electrons. The molecule has 1 unspecified atom stereocenters. The Morgan fingerprint density at radius 2 is 1.85 bits per heavy atom. The van der Waals surface area contributed by atoms with Crippen molar-refractivity contribution in [2.45, 2.75) is 43.9 Å². The minimum Gasteiger partial charge on any atom is -0.346 e. The van der Waals surface area contributed by atoms with Crippen LogP contribution in [0.3, 0.4) is 0 Å². The van der Waals surface area contributed by atoms with Gasteiger partial charge in [-0.25, -0.2) is 14.8 Å². The van der Waals surface area contributed by atoms with Gasteiger partial charge in [-0.15, -0.1) is 0 Å². The van der Waals surface area contributed by atoms with E-state index in [-0.39, 0.29) is 17.6 Å². The quantitative estimate of drug-likeness (QED) is 0.586. The number of likely N-dealkylation sites (N-methyl/N-ethyl adjacent to an activating group) is 1. The van der Waals surface area contributed by atoms with Crippen LogP contribution >= 0.6 is 0 Å². The third-order valence-corrected chi connectivity index (χ3v) is 6.77. The van der Waals surface area contributed by atoms with Gasteiger partial charge in [-0.05, 0) is 56.5 Å². The number of benzene rings is 1. The van der Waals surface area contributed by atoms with E-state index in [4.69, 9.17) is 0 Å². The minimum atomic E-state index is -4.38. The van der Waals surface area contributed by atoms with Gasteiger partial charge in [-0.1, -0.05) is 0 Å². The number of nitrogens with zero attached hydrogens (tertiary/aromatic N) is 6. The largest absolute Gasteiger partial charge is 0.416 e. The molecule has 1 aliphatic carbocycles. The number of anilines is 2. The molecule has 0 bridgehead atoms. The smallest absolute Gasteiger partial charge is 0.346 e. The molecule has 2 aromatic heterocycles. The fourth-order valence-corrected chi connectivity index (χ4v) is 4.47. The molecule has 11 heteroatoms. The summed E-state index contributed by atoms with van der Waals surface area (Å²) in [6.07, 6.45) is 3.64. The second-order valence-corrected chi connectivity index (χ2v) is 8.86. The molecular formula is C23H24F3N7O. The van der Waals surface area contributed by atoms with Crippen LogP contribution in [-0.2, 0) is 6.18 Å². The summed E-state index contributed by atoms with van der Waals surface area (Å²) in [6, 6.07) is 6.27. The highest BCUT2D eigenvalue weighted by Crippen LogP contribution is 2.43. The molecule has 1 spiro atoms. The second kappa shape index (κ2) is 8.00. The lowest BCUT2D eigenvalue weighted by Crippen LogP contribution is -2.50. The number of hydrogen-bond donors (Lipinski definition) is 1. The third kappa shape index (κ3) is 3.84. The highest BCUT2D eigenvalue weighted by Gasteiger charge is 2.52. The Hall–Kier alpha value is -3.63. The van der Waals surface area contributed by atoms with Gasteiger partial charge >= 0.3 is 12.2 Å². The highest BCUT2D eigenvalue weighted by molar-refractivity contribution is 5.94. The molecule has 5 rings (SSSR count). The highest BCUT2D eigenvalue weighted by atomic mass is 19.4. The number of aromatic nitrogens is 4. The van der Waals surface area contributed by atoms with E-state index in [1.54, 1.807) is 34.3 Å². The lowest BCUT2D eigenvalue weighted by atomic mass is 9.76. The predicted octanol–water partition coefficient (Wildman–Crippen LogP) is 4.65. The van der Waals surface area contributed by atoms with Crippen molar-refractivity contribution in [1.29, 1.82) is 0 Å². The standard InChI is InChI=1S/C23H24F3N7O/c1-15(18-12-32(14-28-18)17-6-4-16(5-7-17)23(24,25)26)29-20-27-11-8-19(30-20)33-13-22(9-3-10-22)31(2)21(33)34/h4-8,11-12,14-15H,3,9-10,13H2,1-2H3,(H,27,29,30). The number of amides is 2.